The summed E-state index contributed by atoms with van der Waals surface area (Å²) in [4.78, 5) is 13.3. The molecule has 3 aliphatic heterocycles. The van der Waals surface area contributed by atoms with E-state index in [2.05, 4.69) is 79.9 Å². The van der Waals surface area contributed by atoms with Crippen molar-refractivity contribution >= 4 is 5.91 Å². The molecule has 0 spiro atoms. The fraction of sp³-hybridized carbons (Fsp3) is 0.810. The smallest absolute Gasteiger partial charge is 0.220 e. The number of aliphatic hydroxyl groups excluding tert-OH is 11. The van der Waals surface area contributed by atoms with Crippen LogP contribution < -0.4 is 5.32 Å². The third-order valence-electron chi connectivity index (χ3n) is 14.4. The van der Waals surface area contributed by atoms with E-state index in [0.29, 0.717) is 12.8 Å². The first-order valence-corrected chi connectivity index (χ1v) is 29.0. The van der Waals surface area contributed by atoms with Gasteiger partial charge in [-0.1, -0.05) is 164 Å². The normalized spacial score (nSPS) is 31.2. The third-order valence-corrected chi connectivity index (χ3v) is 14.4. The van der Waals surface area contributed by atoms with E-state index < -0.39 is 124 Å². The van der Waals surface area contributed by atoms with Gasteiger partial charge >= 0.3 is 0 Å². The number of amides is 1. The first-order valence-electron chi connectivity index (χ1n) is 29.0. The van der Waals surface area contributed by atoms with Crippen LogP contribution in [0.15, 0.2) is 60.8 Å². The zero-order chi connectivity index (χ0) is 56.2. The number of allylic oxidation sites excluding steroid dienone is 10. The lowest BCUT2D eigenvalue weighted by atomic mass is 9.96. The summed E-state index contributed by atoms with van der Waals surface area (Å²) in [6.07, 6.45) is 19.2. The number of carbonyl (C=O) groups is 1. The molecule has 17 unspecified atom stereocenters. The van der Waals surface area contributed by atoms with Gasteiger partial charge in [-0.05, 0) is 57.8 Å². The van der Waals surface area contributed by atoms with Gasteiger partial charge in [-0.15, -0.1) is 0 Å². The molecule has 0 aromatic rings. The second kappa shape index (κ2) is 41.5. The Morgan fingerprint density at radius 3 is 1.40 bits per heavy atom. The van der Waals surface area contributed by atoms with Crippen LogP contribution in [0.1, 0.15) is 168 Å². The predicted molar refractivity (Wildman–Crippen MR) is 291 cm³/mol. The highest BCUT2D eigenvalue weighted by Crippen LogP contribution is 2.33. The third kappa shape index (κ3) is 25.9. The molecule has 19 nitrogen and oxygen atoms in total. The fourth-order valence-electron chi connectivity index (χ4n) is 9.57. The van der Waals surface area contributed by atoms with Gasteiger partial charge in [0.2, 0.25) is 5.91 Å². The summed E-state index contributed by atoms with van der Waals surface area (Å²) in [6, 6.07) is -0.890. The lowest BCUT2D eigenvalue weighted by molar-refractivity contribution is -0.379. The van der Waals surface area contributed by atoms with Crippen LogP contribution in [0.5, 0.6) is 0 Å². The molecule has 17 atom stereocenters. The Balaban J connectivity index is 1.41. The van der Waals surface area contributed by atoms with Gasteiger partial charge in [-0.2, -0.15) is 0 Å². The molecule has 0 aliphatic carbocycles. The molecule has 3 aliphatic rings. The molecule has 12 N–H and O–H groups in total. The van der Waals surface area contributed by atoms with E-state index in [1.54, 1.807) is 0 Å². The maximum absolute atomic E-state index is 13.3. The second-order valence-corrected chi connectivity index (χ2v) is 20.7. The first-order chi connectivity index (χ1) is 37.3. The number of hydrogen-bond acceptors (Lipinski definition) is 18. The van der Waals surface area contributed by atoms with Gasteiger partial charge in [0.15, 0.2) is 18.9 Å². The maximum atomic E-state index is 13.3. The molecule has 0 radical (unpaired) electrons. The molecule has 3 rings (SSSR count). The van der Waals surface area contributed by atoms with Crippen molar-refractivity contribution in [2.24, 2.45) is 0 Å². The number of nitrogens with one attached hydrogen (secondary N) is 1. The van der Waals surface area contributed by atoms with E-state index >= 15 is 0 Å². The summed E-state index contributed by atoms with van der Waals surface area (Å²) in [5.74, 6) is -0.258. The zero-order valence-electron chi connectivity index (χ0n) is 46.2. The lowest BCUT2D eigenvalue weighted by Gasteiger charge is -2.48. The summed E-state index contributed by atoms with van der Waals surface area (Å²) in [5, 5.41) is 120. The molecular weight excluding hydrogens is 999 g/mol. The van der Waals surface area contributed by atoms with E-state index in [9.17, 15) is 61.0 Å². The number of ether oxygens (including phenoxy) is 6. The Hall–Kier alpha value is -2.51. The topological polar surface area (TPSA) is 307 Å². The molecule has 3 fully saturated rings. The average Bonchev–Trinajstić information content (AvgIpc) is 3.43. The van der Waals surface area contributed by atoms with Crippen LogP contribution in [0, 0.1) is 0 Å². The van der Waals surface area contributed by atoms with Gasteiger partial charge in [0, 0.05) is 6.42 Å². The standard InChI is InChI=1S/C58H101NO18/c1-3-5-7-9-11-12-13-14-15-16-17-18-19-20-21-22-23-24-25-26-27-28-30-32-34-36-46(64)59-41(42(63)35-33-31-29-10-8-6-4-2)40-72-56-52(70)49(67)54(44(38-61)74-56)77-58-53(71)50(68)55(45(39-62)75-58)76-57-51(69)48(66)47(65)43(37-60)73-57/h5,7,11-12,14-15,17-18,20-21,41-45,47-58,60-63,65-71H,3-4,6,8-10,13,16,19,22-40H2,1-2H3,(H,59,64)/b7-5-,12-11-,15-14-,18-17-,21-20-. The van der Waals surface area contributed by atoms with Crippen LogP contribution in [0.4, 0.5) is 0 Å². The van der Waals surface area contributed by atoms with Gasteiger partial charge in [0.1, 0.15) is 73.2 Å². The molecule has 19 heteroatoms. The highest BCUT2D eigenvalue weighted by Gasteiger charge is 2.53. The van der Waals surface area contributed by atoms with E-state index in [-0.39, 0.29) is 18.9 Å². The molecular formula is C58H101NO18. The van der Waals surface area contributed by atoms with Crippen LogP contribution in [-0.4, -0.2) is 193 Å². The largest absolute Gasteiger partial charge is 0.394 e. The Morgan fingerprint density at radius 1 is 0.481 bits per heavy atom. The van der Waals surface area contributed by atoms with Crippen LogP contribution in [0.3, 0.4) is 0 Å². The van der Waals surface area contributed by atoms with Crippen molar-refractivity contribution in [1.29, 1.82) is 0 Å². The molecule has 77 heavy (non-hydrogen) atoms. The van der Waals surface area contributed by atoms with Crippen molar-refractivity contribution < 1.29 is 89.4 Å². The maximum Gasteiger partial charge on any atom is 0.220 e. The predicted octanol–water partition coefficient (Wildman–Crippen LogP) is 4.48. The highest BCUT2D eigenvalue weighted by atomic mass is 16.8. The fourth-order valence-corrected chi connectivity index (χ4v) is 9.57. The van der Waals surface area contributed by atoms with E-state index in [1.165, 1.54) is 32.1 Å². The summed E-state index contributed by atoms with van der Waals surface area (Å²) < 4.78 is 34.2. The van der Waals surface area contributed by atoms with Crippen molar-refractivity contribution in [3.8, 4) is 0 Å². The van der Waals surface area contributed by atoms with E-state index in [0.717, 1.165) is 103 Å². The molecule has 0 saturated carbocycles. The summed E-state index contributed by atoms with van der Waals surface area (Å²) in [7, 11) is 0. The summed E-state index contributed by atoms with van der Waals surface area (Å²) >= 11 is 0. The van der Waals surface area contributed by atoms with Crippen molar-refractivity contribution in [2.75, 3.05) is 26.4 Å². The lowest BCUT2D eigenvalue weighted by Crippen LogP contribution is -2.66. The van der Waals surface area contributed by atoms with Crippen LogP contribution in [0.25, 0.3) is 0 Å². The zero-order valence-corrected chi connectivity index (χ0v) is 46.2. The van der Waals surface area contributed by atoms with Crippen molar-refractivity contribution in [3.63, 3.8) is 0 Å². The Bertz CT molecular complexity index is 1650. The molecule has 446 valence electrons. The number of hydrogen-bond donors (Lipinski definition) is 12. The quantitative estimate of drug-likeness (QED) is 0.0297. The van der Waals surface area contributed by atoms with Crippen molar-refractivity contribution in [3.05, 3.63) is 60.8 Å². The SMILES string of the molecule is CC/C=C\C/C=C\C/C=C\C/C=C\C/C=C\CCCCCCCCCCCC(=O)NC(COC1OC(CO)C(OC2OC(CO)C(OC3OC(CO)C(O)C(O)C3O)C(O)C2O)C(O)C1O)C(O)CCCCCCCCC. The molecule has 3 heterocycles. The van der Waals surface area contributed by atoms with Gasteiger partial charge in [-0.25, -0.2) is 0 Å². The Kier molecular flexibility index (Phi) is 37.0. The minimum atomic E-state index is -1.97. The van der Waals surface area contributed by atoms with Gasteiger partial charge < -0.3 is 89.9 Å². The number of carbonyl (C=O) groups excluding carboxylic acids is 1. The van der Waals surface area contributed by atoms with Crippen LogP contribution >= 0.6 is 0 Å². The van der Waals surface area contributed by atoms with Gasteiger partial charge in [0.25, 0.3) is 0 Å². The van der Waals surface area contributed by atoms with E-state index in [4.69, 9.17) is 28.4 Å². The second-order valence-electron chi connectivity index (χ2n) is 20.7. The number of unbranched alkanes of at least 4 members (excludes halogenated alkanes) is 15. The highest BCUT2D eigenvalue weighted by molar-refractivity contribution is 5.76. The number of aliphatic hydroxyl groups is 11. The molecule has 0 bridgehead atoms. The first kappa shape index (κ1) is 68.8. The van der Waals surface area contributed by atoms with Crippen molar-refractivity contribution in [1.82, 2.24) is 5.32 Å². The summed E-state index contributed by atoms with van der Waals surface area (Å²) in [6.45, 7) is 1.58. The van der Waals surface area contributed by atoms with Gasteiger partial charge in [-0.3, -0.25) is 4.79 Å². The molecule has 0 aromatic heterocycles. The minimum Gasteiger partial charge on any atom is -0.394 e. The monoisotopic (exact) mass is 1100 g/mol. The Morgan fingerprint density at radius 2 is 0.896 bits per heavy atom. The molecule has 0 aromatic carbocycles. The van der Waals surface area contributed by atoms with Crippen molar-refractivity contribution in [2.45, 2.75) is 272 Å². The molecule has 3 saturated heterocycles. The molecule has 1 amide bonds. The Labute approximate surface area is 458 Å². The van der Waals surface area contributed by atoms with Crippen LogP contribution in [-0.2, 0) is 33.2 Å². The number of rotatable bonds is 41. The average molecular weight is 1100 g/mol. The summed E-state index contributed by atoms with van der Waals surface area (Å²) in [5.41, 5.74) is 0. The minimum absolute atomic E-state index is 0.255. The van der Waals surface area contributed by atoms with E-state index in [1.807, 2.05) is 0 Å². The van der Waals surface area contributed by atoms with Gasteiger partial charge in [0.05, 0.1) is 38.6 Å². The van der Waals surface area contributed by atoms with Crippen LogP contribution in [0.2, 0.25) is 0 Å².